The van der Waals surface area contributed by atoms with Gasteiger partial charge in [-0.2, -0.15) is 0 Å². The maximum absolute atomic E-state index is 5.63. The SMILES string of the molecule is C1=CCC2(CCCCO2)OC1. The molecule has 2 rings (SSSR count). The van der Waals surface area contributed by atoms with Crippen molar-refractivity contribution in [2.45, 2.75) is 31.5 Å². The summed E-state index contributed by atoms with van der Waals surface area (Å²) < 4.78 is 11.2. The Hall–Kier alpha value is -0.340. The lowest BCUT2D eigenvalue weighted by molar-refractivity contribution is -0.252. The standard InChI is InChI=1S/C9H14O2/c1-3-7-10-9(5-1)6-2-4-8-11-9/h1,3H,2,4-8H2. The van der Waals surface area contributed by atoms with E-state index in [0.29, 0.717) is 0 Å². The molecule has 0 aromatic rings. The molecule has 2 heteroatoms. The molecule has 2 nitrogen and oxygen atoms in total. The molecule has 2 aliphatic heterocycles. The van der Waals surface area contributed by atoms with Crippen molar-refractivity contribution in [3.63, 3.8) is 0 Å². The van der Waals surface area contributed by atoms with Crippen LogP contribution in [0.2, 0.25) is 0 Å². The number of rotatable bonds is 0. The van der Waals surface area contributed by atoms with Crippen LogP contribution in [0, 0.1) is 0 Å². The van der Waals surface area contributed by atoms with Crippen LogP contribution in [0.5, 0.6) is 0 Å². The Labute approximate surface area is 67.2 Å². The van der Waals surface area contributed by atoms with E-state index in [9.17, 15) is 0 Å². The lowest BCUT2D eigenvalue weighted by Gasteiger charge is -2.37. The second-order valence-electron chi connectivity index (χ2n) is 3.20. The van der Waals surface area contributed by atoms with Gasteiger partial charge in [-0.05, 0) is 12.8 Å². The molecule has 0 aliphatic carbocycles. The fourth-order valence-electron chi connectivity index (χ4n) is 1.69. The van der Waals surface area contributed by atoms with Gasteiger partial charge in [-0.3, -0.25) is 0 Å². The minimum atomic E-state index is -0.229. The summed E-state index contributed by atoms with van der Waals surface area (Å²) in [5.41, 5.74) is 0. The van der Waals surface area contributed by atoms with Gasteiger partial charge in [0.25, 0.3) is 0 Å². The van der Waals surface area contributed by atoms with Crippen LogP contribution in [0.1, 0.15) is 25.7 Å². The lowest BCUT2D eigenvalue weighted by Crippen LogP contribution is -2.40. The number of ether oxygens (including phenoxy) is 2. The van der Waals surface area contributed by atoms with E-state index in [1.165, 1.54) is 12.8 Å². The molecule has 0 aromatic heterocycles. The van der Waals surface area contributed by atoms with Crippen LogP contribution in [0.15, 0.2) is 12.2 Å². The van der Waals surface area contributed by atoms with Crippen molar-refractivity contribution in [1.29, 1.82) is 0 Å². The van der Waals surface area contributed by atoms with Crippen molar-refractivity contribution >= 4 is 0 Å². The molecular formula is C9H14O2. The summed E-state index contributed by atoms with van der Waals surface area (Å²) in [5, 5.41) is 0. The molecule has 1 saturated heterocycles. The molecule has 0 N–H and O–H groups in total. The molecular weight excluding hydrogens is 140 g/mol. The van der Waals surface area contributed by atoms with Crippen molar-refractivity contribution in [3.05, 3.63) is 12.2 Å². The van der Waals surface area contributed by atoms with Gasteiger partial charge in [0.1, 0.15) is 0 Å². The first-order valence-electron chi connectivity index (χ1n) is 4.34. The Kier molecular flexibility index (Phi) is 1.96. The fourth-order valence-corrected chi connectivity index (χ4v) is 1.69. The monoisotopic (exact) mass is 154 g/mol. The Morgan fingerprint density at radius 1 is 1.09 bits per heavy atom. The van der Waals surface area contributed by atoms with E-state index in [2.05, 4.69) is 12.2 Å². The summed E-state index contributed by atoms with van der Waals surface area (Å²) in [7, 11) is 0. The maximum atomic E-state index is 5.63. The minimum absolute atomic E-state index is 0.229. The average molecular weight is 154 g/mol. The Morgan fingerprint density at radius 2 is 2.09 bits per heavy atom. The molecule has 2 heterocycles. The van der Waals surface area contributed by atoms with Gasteiger partial charge < -0.3 is 9.47 Å². The van der Waals surface area contributed by atoms with Gasteiger partial charge in [-0.1, -0.05) is 12.2 Å². The summed E-state index contributed by atoms with van der Waals surface area (Å²) in [6.45, 7) is 1.59. The van der Waals surface area contributed by atoms with Gasteiger partial charge in [0, 0.05) is 12.8 Å². The summed E-state index contributed by atoms with van der Waals surface area (Å²) in [5.74, 6) is -0.229. The molecule has 1 fully saturated rings. The molecule has 0 saturated carbocycles. The zero-order valence-electron chi connectivity index (χ0n) is 6.71. The van der Waals surface area contributed by atoms with E-state index in [4.69, 9.17) is 9.47 Å². The second-order valence-corrected chi connectivity index (χ2v) is 3.20. The third-order valence-corrected chi connectivity index (χ3v) is 2.36. The normalized spacial score (nSPS) is 37.8. The molecule has 11 heavy (non-hydrogen) atoms. The molecule has 2 aliphatic rings. The molecule has 1 unspecified atom stereocenters. The van der Waals surface area contributed by atoms with Crippen LogP contribution in [-0.4, -0.2) is 19.0 Å². The highest BCUT2D eigenvalue weighted by molar-refractivity contribution is 4.94. The van der Waals surface area contributed by atoms with Crippen LogP contribution < -0.4 is 0 Å². The van der Waals surface area contributed by atoms with Crippen LogP contribution in [0.25, 0.3) is 0 Å². The molecule has 62 valence electrons. The Balaban J connectivity index is 2.01. The van der Waals surface area contributed by atoms with Gasteiger partial charge in [-0.25, -0.2) is 0 Å². The minimum Gasteiger partial charge on any atom is -0.350 e. The lowest BCUT2D eigenvalue weighted by atomic mass is 10.0. The highest BCUT2D eigenvalue weighted by Crippen LogP contribution is 2.31. The van der Waals surface area contributed by atoms with Crippen molar-refractivity contribution in [2.24, 2.45) is 0 Å². The van der Waals surface area contributed by atoms with Gasteiger partial charge >= 0.3 is 0 Å². The van der Waals surface area contributed by atoms with E-state index >= 15 is 0 Å². The molecule has 0 radical (unpaired) electrons. The van der Waals surface area contributed by atoms with Crippen molar-refractivity contribution in [2.75, 3.05) is 13.2 Å². The zero-order chi connectivity index (χ0) is 7.57. The summed E-state index contributed by atoms with van der Waals surface area (Å²) in [4.78, 5) is 0. The molecule has 0 aromatic carbocycles. The first kappa shape index (κ1) is 7.32. The van der Waals surface area contributed by atoms with E-state index in [0.717, 1.165) is 26.1 Å². The summed E-state index contributed by atoms with van der Waals surface area (Å²) >= 11 is 0. The third-order valence-electron chi connectivity index (χ3n) is 2.36. The highest BCUT2D eigenvalue weighted by atomic mass is 16.7. The van der Waals surface area contributed by atoms with Crippen LogP contribution in [0.3, 0.4) is 0 Å². The van der Waals surface area contributed by atoms with Gasteiger partial charge in [-0.15, -0.1) is 0 Å². The fraction of sp³-hybridized carbons (Fsp3) is 0.778. The van der Waals surface area contributed by atoms with Crippen molar-refractivity contribution in [1.82, 2.24) is 0 Å². The zero-order valence-corrected chi connectivity index (χ0v) is 6.71. The Bertz CT molecular complexity index is 157. The van der Waals surface area contributed by atoms with Gasteiger partial charge in [0.2, 0.25) is 0 Å². The Morgan fingerprint density at radius 3 is 2.73 bits per heavy atom. The third kappa shape index (κ3) is 1.47. The van der Waals surface area contributed by atoms with Crippen LogP contribution >= 0.6 is 0 Å². The van der Waals surface area contributed by atoms with Crippen LogP contribution in [0.4, 0.5) is 0 Å². The molecule has 1 atom stereocenters. The van der Waals surface area contributed by atoms with Gasteiger partial charge in [0.15, 0.2) is 5.79 Å². The van der Waals surface area contributed by atoms with Crippen molar-refractivity contribution in [3.8, 4) is 0 Å². The predicted octanol–water partition coefficient (Wildman–Crippen LogP) is 1.86. The summed E-state index contributed by atoms with van der Waals surface area (Å²) in [6.07, 6.45) is 8.66. The van der Waals surface area contributed by atoms with Gasteiger partial charge in [0.05, 0.1) is 13.2 Å². The molecule has 1 spiro atoms. The number of hydrogen-bond acceptors (Lipinski definition) is 2. The largest absolute Gasteiger partial charge is 0.350 e. The first-order chi connectivity index (χ1) is 5.41. The molecule has 0 amide bonds. The van der Waals surface area contributed by atoms with E-state index < -0.39 is 0 Å². The van der Waals surface area contributed by atoms with E-state index in [1.807, 2.05) is 0 Å². The van der Waals surface area contributed by atoms with E-state index in [1.54, 1.807) is 0 Å². The topological polar surface area (TPSA) is 18.5 Å². The first-order valence-corrected chi connectivity index (χ1v) is 4.34. The van der Waals surface area contributed by atoms with Crippen molar-refractivity contribution < 1.29 is 9.47 Å². The number of hydrogen-bond donors (Lipinski definition) is 0. The maximum Gasteiger partial charge on any atom is 0.172 e. The van der Waals surface area contributed by atoms with Crippen LogP contribution in [-0.2, 0) is 9.47 Å². The second kappa shape index (κ2) is 2.95. The highest BCUT2D eigenvalue weighted by Gasteiger charge is 2.33. The smallest absolute Gasteiger partial charge is 0.172 e. The van der Waals surface area contributed by atoms with E-state index in [-0.39, 0.29) is 5.79 Å². The molecule has 0 bridgehead atoms. The summed E-state index contributed by atoms with van der Waals surface area (Å²) in [6, 6.07) is 0. The average Bonchev–Trinajstić information content (AvgIpc) is 2.07. The quantitative estimate of drug-likeness (QED) is 0.496. The predicted molar refractivity (Wildman–Crippen MR) is 42.2 cm³/mol.